The predicted octanol–water partition coefficient (Wildman–Crippen LogP) is 4.73. The van der Waals surface area contributed by atoms with Crippen LogP contribution in [-0.4, -0.2) is 6.54 Å². The van der Waals surface area contributed by atoms with Crippen LogP contribution < -0.4 is 5.32 Å². The minimum absolute atomic E-state index is 0.181. The molecule has 112 valence electrons. The Labute approximate surface area is 127 Å². The van der Waals surface area contributed by atoms with Crippen molar-refractivity contribution in [1.29, 1.82) is 0 Å². The lowest BCUT2D eigenvalue weighted by atomic mass is 9.94. The average Bonchev–Trinajstić information content (AvgIpc) is 2.48. The highest BCUT2D eigenvalue weighted by molar-refractivity contribution is 5.33. The van der Waals surface area contributed by atoms with Gasteiger partial charge in [0.2, 0.25) is 0 Å². The molecule has 0 aliphatic rings. The Kier molecular flexibility index (Phi) is 5.51. The molecule has 1 atom stereocenters. The van der Waals surface area contributed by atoms with E-state index < -0.39 is 0 Å². The van der Waals surface area contributed by atoms with Crippen LogP contribution >= 0.6 is 0 Å². The molecule has 2 heteroatoms. The Morgan fingerprint density at radius 1 is 1.05 bits per heavy atom. The van der Waals surface area contributed by atoms with E-state index in [0.717, 1.165) is 24.9 Å². The molecule has 0 bridgehead atoms. The smallest absolute Gasteiger partial charge is 0.123 e. The second-order valence-corrected chi connectivity index (χ2v) is 5.69. The first-order valence-electron chi connectivity index (χ1n) is 7.65. The fourth-order valence-electron chi connectivity index (χ4n) is 2.56. The highest BCUT2D eigenvalue weighted by Crippen LogP contribution is 2.22. The van der Waals surface area contributed by atoms with Gasteiger partial charge >= 0.3 is 0 Å². The Hall–Kier alpha value is -1.67. The molecule has 0 aliphatic heterocycles. The number of rotatable bonds is 6. The van der Waals surface area contributed by atoms with Crippen molar-refractivity contribution in [3.63, 3.8) is 0 Å². The summed E-state index contributed by atoms with van der Waals surface area (Å²) in [5, 5.41) is 3.58. The summed E-state index contributed by atoms with van der Waals surface area (Å²) in [6.07, 6.45) is 2.02. The lowest BCUT2D eigenvalue weighted by molar-refractivity contribution is 0.526. The summed E-state index contributed by atoms with van der Waals surface area (Å²) in [5.74, 6) is -0.181. The van der Waals surface area contributed by atoms with Crippen molar-refractivity contribution in [3.8, 4) is 0 Å². The van der Waals surface area contributed by atoms with Crippen molar-refractivity contribution >= 4 is 0 Å². The molecule has 1 nitrogen and oxygen atoms in total. The monoisotopic (exact) mass is 285 g/mol. The third kappa shape index (κ3) is 4.40. The first-order valence-corrected chi connectivity index (χ1v) is 7.65. The van der Waals surface area contributed by atoms with Gasteiger partial charge in [-0.2, -0.15) is 0 Å². The fourth-order valence-corrected chi connectivity index (χ4v) is 2.56. The van der Waals surface area contributed by atoms with Gasteiger partial charge in [0.1, 0.15) is 5.82 Å². The van der Waals surface area contributed by atoms with Crippen molar-refractivity contribution < 1.29 is 4.39 Å². The van der Waals surface area contributed by atoms with Gasteiger partial charge in [-0.15, -0.1) is 0 Å². The Morgan fingerprint density at radius 3 is 2.43 bits per heavy atom. The van der Waals surface area contributed by atoms with Gasteiger partial charge in [0.25, 0.3) is 0 Å². The summed E-state index contributed by atoms with van der Waals surface area (Å²) in [6, 6.07) is 13.6. The third-order valence-electron chi connectivity index (χ3n) is 3.84. The Morgan fingerprint density at radius 2 is 1.76 bits per heavy atom. The van der Waals surface area contributed by atoms with Crippen molar-refractivity contribution in [2.75, 3.05) is 6.54 Å². The van der Waals surface area contributed by atoms with E-state index in [4.69, 9.17) is 0 Å². The predicted molar refractivity (Wildman–Crippen MR) is 87.1 cm³/mol. The molecule has 0 aromatic heterocycles. The molecule has 2 rings (SSSR count). The van der Waals surface area contributed by atoms with E-state index in [9.17, 15) is 4.39 Å². The van der Waals surface area contributed by atoms with Crippen LogP contribution in [0.5, 0.6) is 0 Å². The van der Waals surface area contributed by atoms with Gasteiger partial charge in [0.15, 0.2) is 0 Å². The summed E-state index contributed by atoms with van der Waals surface area (Å²) >= 11 is 0. The Bertz CT molecular complexity index is 575. The molecule has 0 spiro atoms. The van der Waals surface area contributed by atoms with Crippen molar-refractivity contribution in [3.05, 3.63) is 70.5 Å². The average molecular weight is 285 g/mol. The normalized spacial score (nSPS) is 12.4. The van der Waals surface area contributed by atoms with Crippen LogP contribution in [0.15, 0.2) is 42.5 Å². The van der Waals surface area contributed by atoms with Crippen LogP contribution in [0.25, 0.3) is 0 Å². The first kappa shape index (κ1) is 15.7. The topological polar surface area (TPSA) is 12.0 Å². The number of aryl methyl sites for hydroxylation is 2. The highest BCUT2D eigenvalue weighted by Gasteiger charge is 2.13. The number of benzene rings is 2. The van der Waals surface area contributed by atoms with Crippen LogP contribution in [-0.2, 0) is 6.42 Å². The quantitative estimate of drug-likeness (QED) is 0.809. The van der Waals surface area contributed by atoms with Gasteiger partial charge < -0.3 is 5.32 Å². The maximum atomic E-state index is 13.1. The lowest BCUT2D eigenvalue weighted by Gasteiger charge is -2.20. The molecule has 1 N–H and O–H groups in total. The minimum atomic E-state index is -0.181. The molecule has 2 aromatic carbocycles. The van der Waals surface area contributed by atoms with Gasteiger partial charge in [-0.25, -0.2) is 4.39 Å². The van der Waals surface area contributed by atoms with E-state index in [0.29, 0.717) is 0 Å². The van der Waals surface area contributed by atoms with E-state index in [2.05, 4.69) is 44.3 Å². The van der Waals surface area contributed by atoms with Crippen molar-refractivity contribution in [2.24, 2.45) is 0 Å². The number of hydrogen-bond donors (Lipinski definition) is 1. The second kappa shape index (κ2) is 7.37. The molecule has 0 fully saturated rings. The molecule has 0 radical (unpaired) electrons. The van der Waals surface area contributed by atoms with Gasteiger partial charge in [-0.1, -0.05) is 42.8 Å². The van der Waals surface area contributed by atoms with Gasteiger partial charge in [0, 0.05) is 6.04 Å². The van der Waals surface area contributed by atoms with Crippen LogP contribution in [0.1, 0.15) is 41.6 Å². The van der Waals surface area contributed by atoms with Gasteiger partial charge in [-0.05, 0) is 62.1 Å². The fraction of sp³-hybridized carbons (Fsp3) is 0.368. The first-order chi connectivity index (χ1) is 10.1. The van der Waals surface area contributed by atoms with Gasteiger partial charge in [-0.3, -0.25) is 0 Å². The summed E-state index contributed by atoms with van der Waals surface area (Å²) in [5.41, 5.74) is 5.09. The number of nitrogens with one attached hydrogen (secondary N) is 1. The van der Waals surface area contributed by atoms with E-state index in [1.165, 1.54) is 16.7 Å². The standard InChI is InChI=1S/C19H24FN/c1-4-11-21-19(16-7-9-18(20)10-8-16)13-17-12-14(2)5-6-15(17)3/h5-10,12,19,21H,4,11,13H2,1-3H3. The molecule has 21 heavy (non-hydrogen) atoms. The maximum Gasteiger partial charge on any atom is 0.123 e. The van der Waals surface area contributed by atoms with Crippen molar-refractivity contribution in [1.82, 2.24) is 5.32 Å². The molecular formula is C19H24FN. The molecule has 1 unspecified atom stereocenters. The third-order valence-corrected chi connectivity index (χ3v) is 3.84. The summed E-state index contributed by atoms with van der Waals surface area (Å²) in [7, 11) is 0. The van der Waals surface area contributed by atoms with E-state index >= 15 is 0 Å². The number of halogens is 1. The van der Waals surface area contributed by atoms with E-state index in [-0.39, 0.29) is 11.9 Å². The highest BCUT2D eigenvalue weighted by atomic mass is 19.1. The summed E-state index contributed by atoms with van der Waals surface area (Å²) in [6.45, 7) is 7.39. The molecular weight excluding hydrogens is 261 g/mol. The zero-order chi connectivity index (χ0) is 15.2. The second-order valence-electron chi connectivity index (χ2n) is 5.69. The van der Waals surface area contributed by atoms with E-state index in [1.807, 2.05) is 12.1 Å². The maximum absolute atomic E-state index is 13.1. The largest absolute Gasteiger partial charge is 0.310 e. The molecule has 0 saturated carbocycles. The van der Waals surface area contributed by atoms with Crippen LogP contribution in [0.4, 0.5) is 4.39 Å². The van der Waals surface area contributed by atoms with Crippen LogP contribution in [0.2, 0.25) is 0 Å². The van der Waals surface area contributed by atoms with Crippen LogP contribution in [0, 0.1) is 19.7 Å². The summed E-state index contributed by atoms with van der Waals surface area (Å²) < 4.78 is 13.1. The molecule has 0 heterocycles. The minimum Gasteiger partial charge on any atom is -0.310 e. The van der Waals surface area contributed by atoms with E-state index in [1.54, 1.807) is 12.1 Å². The summed E-state index contributed by atoms with van der Waals surface area (Å²) in [4.78, 5) is 0. The number of hydrogen-bond acceptors (Lipinski definition) is 1. The van der Waals surface area contributed by atoms with Crippen molar-refractivity contribution in [2.45, 2.75) is 39.7 Å². The molecule has 0 aliphatic carbocycles. The van der Waals surface area contributed by atoms with Gasteiger partial charge in [0.05, 0.1) is 0 Å². The zero-order valence-electron chi connectivity index (χ0n) is 13.1. The molecule has 2 aromatic rings. The zero-order valence-corrected chi connectivity index (χ0v) is 13.1. The van der Waals surface area contributed by atoms with Crippen LogP contribution in [0.3, 0.4) is 0 Å². The molecule has 0 amide bonds. The molecule has 0 saturated heterocycles. The Balaban J connectivity index is 2.23. The SMILES string of the molecule is CCCNC(Cc1cc(C)ccc1C)c1ccc(F)cc1. The lowest BCUT2D eigenvalue weighted by Crippen LogP contribution is -2.24.